The normalized spacial score (nSPS) is 30.0. The molecule has 16 rings (SSSR count). The van der Waals surface area contributed by atoms with E-state index in [1.54, 1.807) is 9.80 Å². The lowest BCUT2D eigenvalue weighted by molar-refractivity contribution is -0.138. The van der Waals surface area contributed by atoms with Crippen LogP contribution in [0, 0.1) is 35.3 Å². The molecule has 12 heterocycles. The SMILES string of the molecule is C[C@@H]1Oc2c(Cl)c(-c3nc(N)ccc3C(F)(F)F)c(F)c3nc(OCC45CCN4CC(F)(F)C5)nc(c23)N2C[C@H]3CC[C@H](C3)[C@@H]12.C[C@@H]1Oc2c(Cl)c(-c3nc(N)ccc3C(F)(F)F)c(F)c3nc(OCC45CCN4CC(F)(F)C5)nc(c23)N2C[C@H]3CC[C@H](C3)[C@@H]12. The lowest BCUT2D eigenvalue weighted by atomic mass is 9.85. The zero-order valence-corrected chi connectivity index (χ0v) is 49.7. The molecule has 4 aromatic heterocycles. The van der Waals surface area contributed by atoms with E-state index in [-0.39, 0.29) is 120 Å². The Morgan fingerprint density at radius 3 is 1.34 bits per heavy atom. The number of ether oxygens (including phenoxy) is 4. The average Bonchev–Trinajstić information content (AvgIpc) is 1.36. The van der Waals surface area contributed by atoms with Crippen molar-refractivity contribution in [2.24, 2.45) is 23.7 Å². The number of benzene rings is 2. The summed E-state index contributed by atoms with van der Waals surface area (Å²) in [6, 6.07) is 2.48. The minimum absolute atomic E-state index is 0.0565. The fourth-order valence-electron chi connectivity index (χ4n) is 16.7. The quantitative estimate of drug-likeness (QED) is 0.137. The lowest BCUT2D eigenvalue weighted by Gasteiger charge is -2.46. The Labute approximate surface area is 515 Å². The van der Waals surface area contributed by atoms with Crippen LogP contribution >= 0.6 is 23.2 Å². The number of halogens is 14. The number of fused-ring (bicyclic) bond motifs is 12. The smallest absolute Gasteiger partial charge is 0.418 e. The van der Waals surface area contributed by atoms with Crippen LogP contribution < -0.4 is 40.2 Å². The molecule has 16 nitrogen and oxygen atoms in total. The standard InChI is InChI=1S/2C30H29ClF6N6O2/c2*1-13-24-15-3-2-14(8-15)9-43(24)26-19-23(40-27(41-26)44-12-28-6-7-42(28)11-29(33,34)10-28)21(32)18(20(31)25(19)45-13)22-16(30(35,36)37)4-5-17(38)39-22/h2*4-5,13-15,24H,2-3,6-12H2,1H3,(H2,38,39)/t2*13-,14-,15+,24+,28?/m00/s1. The largest absolute Gasteiger partial charge is 0.486 e. The molecule has 2 aliphatic carbocycles. The molecule has 10 atom stereocenters. The summed E-state index contributed by atoms with van der Waals surface area (Å²) in [5.74, 6) is -6.96. The molecule has 0 spiro atoms. The van der Waals surface area contributed by atoms with E-state index in [2.05, 4.69) is 29.7 Å². The van der Waals surface area contributed by atoms with E-state index < -0.39 is 103 Å². The molecule has 0 amide bonds. The van der Waals surface area contributed by atoms with Gasteiger partial charge in [0.15, 0.2) is 23.1 Å². The van der Waals surface area contributed by atoms with Gasteiger partial charge in [0.1, 0.15) is 59.7 Å². The first-order valence-electron chi connectivity index (χ1n) is 30.0. The van der Waals surface area contributed by atoms with E-state index in [4.69, 9.17) is 63.6 Å². The minimum Gasteiger partial charge on any atom is -0.486 e. The Hall–Kier alpha value is -6.52. The van der Waals surface area contributed by atoms with Crippen LogP contribution in [0.1, 0.15) is 89.2 Å². The molecule has 2 aromatic carbocycles. The number of pyridine rings is 2. The molecule has 90 heavy (non-hydrogen) atoms. The van der Waals surface area contributed by atoms with Crippen LogP contribution in [0.15, 0.2) is 24.3 Å². The molecule has 6 saturated heterocycles. The second kappa shape index (κ2) is 20.5. The van der Waals surface area contributed by atoms with Crippen molar-refractivity contribution in [3.63, 3.8) is 0 Å². The Morgan fingerprint density at radius 1 is 0.589 bits per heavy atom. The lowest BCUT2D eigenvalue weighted by Crippen LogP contribution is -2.59. The van der Waals surface area contributed by atoms with E-state index in [0.717, 1.165) is 62.8 Å². The summed E-state index contributed by atoms with van der Waals surface area (Å²) in [6.45, 7) is 4.85. The van der Waals surface area contributed by atoms with Crippen LogP contribution in [0.3, 0.4) is 0 Å². The van der Waals surface area contributed by atoms with Gasteiger partial charge in [0.05, 0.1) is 90.7 Å². The first-order valence-corrected chi connectivity index (χ1v) is 30.8. The Bertz CT molecular complexity index is 3730. The van der Waals surface area contributed by atoms with Crippen molar-refractivity contribution in [2.45, 2.75) is 138 Å². The maximum absolute atomic E-state index is 16.8. The molecule has 10 aliphatic rings. The third-order valence-corrected chi connectivity index (χ3v) is 21.4. The zero-order valence-electron chi connectivity index (χ0n) is 48.2. The maximum atomic E-state index is 16.8. The van der Waals surface area contributed by atoms with Crippen LogP contribution in [0.2, 0.25) is 10.0 Å². The summed E-state index contributed by atoms with van der Waals surface area (Å²) in [5.41, 5.74) is 3.59. The molecule has 480 valence electrons. The van der Waals surface area contributed by atoms with Gasteiger partial charge in [0.25, 0.3) is 11.8 Å². The number of nitrogens with zero attached hydrogens (tertiary/aromatic N) is 10. The summed E-state index contributed by atoms with van der Waals surface area (Å²) in [6.07, 6.45) is -4.72. The molecule has 4 N–H and O–H groups in total. The molecule has 8 aliphatic heterocycles. The van der Waals surface area contributed by atoms with Crippen molar-refractivity contribution < 1.29 is 71.6 Å². The number of anilines is 4. The summed E-state index contributed by atoms with van der Waals surface area (Å²) in [4.78, 5) is 33.2. The van der Waals surface area contributed by atoms with Gasteiger partial charge in [-0.1, -0.05) is 23.2 Å². The first-order chi connectivity index (χ1) is 42.5. The van der Waals surface area contributed by atoms with Gasteiger partial charge in [-0.05, 0) is 113 Å². The van der Waals surface area contributed by atoms with E-state index in [9.17, 15) is 43.9 Å². The number of nitrogens with two attached hydrogens (primary N) is 2. The topological polar surface area (TPSA) is 179 Å². The van der Waals surface area contributed by atoms with Crippen LogP contribution in [0.5, 0.6) is 23.5 Å². The Morgan fingerprint density at radius 2 is 0.989 bits per heavy atom. The van der Waals surface area contributed by atoms with Crippen molar-refractivity contribution in [2.75, 3.05) is 73.7 Å². The second-order valence-corrected chi connectivity index (χ2v) is 27.0. The highest BCUT2D eigenvalue weighted by Crippen LogP contribution is 2.57. The number of piperidine rings is 2. The summed E-state index contributed by atoms with van der Waals surface area (Å²) >= 11 is 13.6. The fourth-order valence-corrected chi connectivity index (χ4v) is 17.3. The van der Waals surface area contributed by atoms with Gasteiger partial charge in [0, 0.05) is 39.0 Å². The third kappa shape index (κ3) is 9.52. The number of hydrogen-bond acceptors (Lipinski definition) is 16. The molecular formula is C60H58Cl2F12N12O4. The molecule has 2 saturated carbocycles. The number of hydrogen-bond donors (Lipinski definition) is 2. The minimum atomic E-state index is -4.91. The highest BCUT2D eigenvalue weighted by Gasteiger charge is 2.62. The van der Waals surface area contributed by atoms with Gasteiger partial charge >= 0.3 is 24.4 Å². The molecular weight excluding hydrogens is 1250 g/mol. The zero-order chi connectivity index (χ0) is 63.3. The van der Waals surface area contributed by atoms with Gasteiger partial charge in [0.2, 0.25) is 0 Å². The van der Waals surface area contributed by atoms with Gasteiger partial charge in [-0.2, -0.15) is 46.3 Å². The van der Waals surface area contributed by atoms with Gasteiger partial charge in [-0.15, -0.1) is 0 Å². The predicted octanol–water partition coefficient (Wildman–Crippen LogP) is 12.7. The van der Waals surface area contributed by atoms with Gasteiger partial charge < -0.3 is 40.2 Å². The molecule has 6 aromatic rings. The molecule has 8 fully saturated rings. The third-order valence-electron chi connectivity index (χ3n) is 20.7. The van der Waals surface area contributed by atoms with Crippen molar-refractivity contribution in [3.05, 3.63) is 57.1 Å². The van der Waals surface area contributed by atoms with Crippen molar-refractivity contribution in [1.29, 1.82) is 0 Å². The first kappa shape index (κ1) is 59.8. The number of rotatable bonds is 8. The molecule has 2 unspecified atom stereocenters. The number of nitrogen functional groups attached to an aromatic ring is 2. The second-order valence-electron chi connectivity index (χ2n) is 26.3. The monoisotopic (exact) mass is 1310 g/mol. The number of aromatic nitrogens is 6. The van der Waals surface area contributed by atoms with E-state index in [1.165, 1.54) is 0 Å². The van der Waals surface area contributed by atoms with Crippen molar-refractivity contribution in [1.82, 2.24) is 39.7 Å². The highest BCUT2D eigenvalue weighted by molar-refractivity contribution is 6.37. The summed E-state index contributed by atoms with van der Waals surface area (Å²) in [7, 11) is 0. The van der Waals surface area contributed by atoms with Gasteiger partial charge in [-0.25, -0.2) is 36.3 Å². The van der Waals surface area contributed by atoms with E-state index in [0.29, 0.717) is 62.5 Å². The van der Waals surface area contributed by atoms with Crippen LogP contribution in [0.4, 0.5) is 76.0 Å². The van der Waals surface area contributed by atoms with Crippen LogP contribution in [-0.4, -0.2) is 139 Å². The van der Waals surface area contributed by atoms with Crippen molar-refractivity contribution >= 4 is 68.3 Å². The average molecular weight is 1310 g/mol. The van der Waals surface area contributed by atoms with E-state index in [1.807, 2.05) is 13.8 Å². The maximum Gasteiger partial charge on any atom is 0.418 e. The summed E-state index contributed by atoms with van der Waals surface area (Å²) < 4.78 is 201. The van der Waals surface area contributed by atoms with Crippen molar-refractivity contribution in [3.8, 4) is 46.0 Å². The van der Waals surface area contributed by atoms with Gasteiger partial charge in [-0.3, -0.25) is 9.80 Å². The molecule has 30 heteroatoms. The van der Waals surface area contributed by atoms with Crippen LogP contribution in [-0.2, 0) is 12.4 Å². The highest BCUT2D eigenvalue weighted by atomic mass is 35.5. The molecule has 4 bridgehead atoms. The van der Waals surface area contributed by atoms with Crippen LogP contribution in [0.25, 0.3) is 44.3 Å². The summed E-state index contributed by atoms with van der Waals surface area (Å²) in [5, 5.41) is -0.595. The number of alkyl halides is 10. The van der Waals surface area contributed by atoms with E-state index >= 15 is 8.78 Å². The Kier molecular flexibility index (Phi) is 13.6. The fraction of sp³-hybridized carbons (Fsp3) is 0.567. The Balaban J connectivity index is 0.000000150. The molecule has 0 radical (unpaired) electrons. The predicted molar refractivity (Wildman–Crippen MR) is 306 cm³/mol.